The number of aromatic nitrogens is 2. The maximum Gasteiger partial charge on any atom is 0.103 e. The minimum Gasteiger partial charge on any atom is -0.381 e. The van der Waals surface area contributed by atoms with Crippen LogP contribution in [0.4, 0.5) is 5.69 Å². The molecule has 1 saturated heterocycles. The Morgan fingerprint density at radius 2 is 2.28 bits per heavy atom. The Labute approximate surface area is 105 Å². The average molecular weight is 242 g/mol. The molecule has 0 amide bonds. The Balaban J connectivity index is 1.97. The normalized spacial score (nSPS) is 16.6. The fourth-order valence-corrected chi connectivity index (χ4v) is 2.28. The molecular formula is C13H14N4O. The third-order valence-electron chi connectivity index (χ3n) is 3.26. The van der Waals surface area contributed by atoms with E-state index in [1.54, 1.807) is 10.7 Å². The molecule has 0 aliphatic carbocycles. The van der Waals surface area contributed by atoms with Crippen molar-refractivity contribution >= 4 is 11.2 Å². The van der Waals surface area contributed by atoms with Gasteiger partial charge in [-0.1, -0.05) is 0 Å². The lowest BCUT2D eigenvalue weighted by atomic mass is 10.1. The van der Waals surface area contributed by atoms with Crippen LogP contribution in [0, 0.1) is 11.3 Å². The SMILES string of the molecule is N#Cc1cnn2cccc2c1NC1CCOCC1. The van der Waals surface area contributed by atoms with Crippen molar-refractivity contribution in [1.29, 1.82) is 5.26 Å². The third-order valence-corrected chi connectivity index (χ3v) is 3.26. The van der Waals surface area contributed by atoms with Gasteiger partial charge in [0.15, 0.2) is 0 Å². The second-order valence-corrected chi connectivity index (χ2v) is 4.41. The molecule has 92 valence electrons. The van der Waals surface area contributed by atoms with Gasteiger partial charge < -0.3 is 10.1 Å². The zero-order chi connectivity index (χ0) is 12.4. The van der Waals surface area contributed by atoms with E-state index in [1.807, 2.05) is 18.3 Å². The van der Waals surface area contributed by atoms with Crippen molar-refractivity contribution in [3.63, 3.8) is 0 Å². The van der Waals surface area contributed by atoms with Crippen LogP contribution < -0.4 is 5.32 Å². The van der Waals surface area contributed by atoms with Gasteiger partial charge in [0.1, 0.15) is 6.07 Å². The molecule has 1 fully saturated rings. The maximum absolute atomic E-state index is 9.18. The number of ether oxygens (including phenoxy) is 1. The van der Waals surface area contributed by atoms with Gasteiger partial charge in [0, 0.05) is 25.5 Å². The van der Waals surface area contributed by atoms with E-state index in [4.69, 9.17) is 4.74 Å². The van der Waals surface area contributed by atoms with E-state index in [1.165, 1.54) is 0 Å². The first-order chi connectivity index (χ1) is 8.88. The van der Waals surface area contributed by atoms with E-state index >= 15 is 0 Å². The topological polar surface area (TPSA) is 62.4 Å². The molecule has 18 heavy (non-hydrogen) atoms. The van der Waals surface area contributed by atoms with Gasteiger partial charge in [-0.2, -0.15) is 10.4 Å². The molecule has 5 nitrogen and oxygen atoms in total. The molecule has 2 aromatic heterocycles. The van der Waals surface area contributed by atoms with Gasteiger partial charge in [-0.25, -0.2) is 4.52 Å². The highest BCUT2D eigenvalue weighted by molar-refractivity contribution is 5.77. The lowest BCUT2D eigenvalue weighted by Crippen LogP contribution is -2.28. The number of nitrogens with zero attached hydrogens (tertiary/aromatic N) is 3. The van der Waals surface area contributed by atoms with Crippen LogP contribution in [0.25, 0.3) is 5.52 Å². The van der Waals surface area contributed by atoms with Crippen LogP contribution in [-0.2, 0) is 4.74 Å². The fraction of sp³-hybridized carbons (Fsp3) is 0.385. The van der Waals surface area contributed by atoms with E-state index < -0.39 is 0 Å². The highest BCUT2D eigenvalue weighted by atomic mass is 16.5. The Kier molecular flexibility index (Phi) is 2.87. The van der Waals surface area contributed by atoms with Crippen LogP contribution in [0.5, 0.6) is 0 Å². The number of nitrogens with one attached hydrogen (secondary N) is 1. The largest absolute Gasteiger partial charge is 0.381 e. The van der Waals surface area contributed by atoms with Crippen LogP contribution >= 0.6 is 0 Å². The molecule has 5 heteroatoms. The lowest BCUT2D eigenvalue weighted by Gasteiger charge is -2.24. The summed E-state index contributed by atoms with van der Waals surface area (Å²) >= 11 is 0. The monoisotopic (exact) mass is 242 g/mol. The Hall–Kier alpha value is -2.06. The lowest BCUT2D eigenvalue weighted by molar-refractivity contribution is 0.0904. The van der Waals surface area contributed by atoms with Gasteiger partial charge in [-0.15, -0.1) is 0 Å². The minimum absolute atomic E-state index is 0.368. The molecule has 0 aromatic carbocycles. The molecule has 3 rings (SSSR count). The first-order valence-corrected chi connectivity index (χ1v) is 6.09. The fourth-order valence-electron chi connectivity index (χ4n) is 2.28. The first-order valence-electron chi connectivity index (χ1n) is 6.09. The van der Waals surface area contributed by atoms with Crippen molar-refractivity contribution in [2.45, 2.75) is 18.9 Å². The van der Waals surface area contributed by atoms with Crippen molar-refractivity contribution in [1.82, 2.24) is 9.61 Å². The van der Waals surface area contributed by atoms with Crippen molar-refractivity contribution in [3.05, 3.63) is 30.1 Å². The first kappa shape index (κ1) is 11.1. The number of hydrogen-bond acceptors (Lipinski definition) is 4. The minimum atomic E-state index is 0.368. The van der Waals surface area contributed by atoms with E-state index in [0.29, 0.717) is 11.6 Å². The molecule has 0 spiro atoms. The van der Waals surface area contributed by atoms with E-state index in [2.05, 4.69) is 16.5 Å². The number of anilines is 1. The molecule has 0 bridgehead atoms. The second-order valence-electron chi connectivity index (χ2n) is 4.41. The Bertz CT molecular complexity index is 593. The predicted octanol–water partition coefficient (Wildman–Crippen LogP) is 1.80. The number of hydrogen-bond donors (Lipinski definition) is 1. The molecule has 3 heterocycles. The van der Waals surface area contributed by atoms with Gasteiger partial charge in [0.25, 0.3) is 0 Å². The summed E-state index contributed by atoms with van der Waals surface area (Å²) in [6.45, 7) is 1.56. The van der Waals surface area contributed by atoms with Crippen molar-refractivity contribution in [2.75, 3.05) is 18.5 Å². The zero-order valence-corrected chi connectivity index (χ0v) is 9.97. The van der Waals surface area contributed by atoms with Gasteiger partial charge in [0.2, 0.25) is 0 Å². The molecule has 1 aliphatic heterocycles. The average Bonchev–Trinajstić information content (AvgIpc) is 2.89. The molecule has 0 atom stereocenters. The summed E-state index contributed by atoms with van der Waals surface area (Å²) in [5, 5.41) is 16.8. The second kappa shape index (κ2) is 4.67. The summed E-state index contributed by atoms with van der Waals surface area (Å²) in [7, 11) is 0. The molecule has 0 unspecified atom stereocenters. The number of fused-ring (bicyclic) bond motifs is 1. The number of nitriles is 1. The van der Waals surface area contributed by atoms with Crippen LogP contribution in [0.3, 0.4) is 0 Å². The van der Waals surface area contributed by atoms with Gasteiger partial charge >= 0.3 is 0 Å². The molecular weight excluding hydrogens is 228 g/mol. The van der Waals surface area contributed by atoms with Gasteiger partial charge in [-0.05, 0) is 25.0 Å². The van der Waals surface area contributed by atoms with E-state index in [9.17, 15) is 5.26 Å². The summed E-state index contributed by atoms with van der Waals surface area (Å²) < 4.78 is 7.12. The smallest absolute Gasteiger partial charge is 0.103 e. The van der Waals surface area contributed by atoms with Crippen LogP contribution in [-0.4, -0.2) is 28.9 Å². The molecule has 0 saturated carbocycles. The Morgan fingerprint density at radius 1 is 1.44 bits per heavy atom. The summed E-state index contributed by atoms with van der Waals surface area (Å²) in [6, 6.07) is 6.46. The van der Waals surface area contributed by atoms with Crippen molar-refractivity contribution < 1.29 is 4.74 Å². The molecule has 1 aliphatic rings. The van der Waals surface area contributed by atoms with Crippen LogP contribution in [0.2, 0.25) is 0 Å². The van der Waals surface area contributed by atoms with E-state index in [0.717, 1.165) is 37.3 Å². The number of rotatable bonds is 2. The highest BCUT2D eigenvalue weighted by Gasteiger charge is 2.17. The predicted molar refractivity (Wildman–Crippen MR) is 67.4 cm³/mol. The maximum atomic E-state index is 9.18. The van der Waals surface area contributed by atoms with Crippen molar-refractivity contribution in [2.24, 2.45) is 0 Å². The quantitative estimate of drug-likeness (QED) is 0.872. The molecule has 0 radical (unpaired) electrons. The summed E-state index contributed by atoms with van der Waals surface area (Å²) in [5.41, 5.74) is 2.41. The summed E-state index contributed by atoms with van der Waals surface area (Å²) in [5.74, 6) is 0. The van der Waals surface area contributed by atoms with E-state index in [-0.39, 0.29) is 0 Å². The molecule has 2 aromatic rings. The van der Waals surface area contributed by atoms with Crippen LogP contribution in [0.15, 0.2) is 24.5 Å². The molecule has 1 N–H and O–H groups in total. The summed E-state index contributed by atoms with van der Waals surface area (Å²) in [4.78, 5) is 0. The zero-order valence-electron chi connectivity index (χ0n) is 9.97. The van der Waals surface area contributed by atoms with Crippen molar-refractivity contribution in [3.8, 4) is 6.07 Å². The van der Waals surface area contributed by atoms with Gasteiger partial charge in [-0.3, -0.25) is 0 Å². The standard InChI is InChI=1S/C13H14N4O/c14-8-10-9-15-17-5-1-2-12(17)13(10)16-11-3-6-18-7-4-11/h1-2,5,9,11,16H,3-4,6-7H2. The summed E-state index contributed by atoms with van der Waals surface area (Å²) in [6.07, 6.45) is 5.43. The van der Waals surface area contributed by atoms with Gasteiger partial charge in [0.05, 0.1) is 23.0 Å². The third kappa shape index (κ3) is 1.91. The van der Waals surface area contributed by atoms with Crippen LogP contribution in [0.1, 0.15) is 18.4 Å². The highest BCUT2D eigenvalue weighted by Crippen LogP contribution is 2.24. The Morgan fingerprint density at radius 3 is 3.06 bits per heavy atom.